The van der Waals surface area contributed by atoms with Crippen LogP contribution >= 0.6 is 15.9 Å². The van der Waals surface area contributed by atoms with Crippen molar-refractivity contribution in [2.24, 2.45) is 0 Å². The van der Waals surface area contributed by atoms with Crippen molar-refractivity contribution >= 4 is 27.9 Å². The Hall–Kier alpha value is -0.580. The van der Waals surface area contributed by atoms with E-state index in [1.54, 1.807) is 0 Å². The highest BCUT2D eigenvalue weighted by molar-refractivity contribution is 9.10. The molecule has 1 atom stereocenters. The van der Waals surface area contributed by atoms with Gasteiger partial charge >= 0.3 is 0 Å². The van der Waals surface area contributed by atoms with Gasteiger partial charge in [-0.05, 0) is 0 Å². The van der Waals surface area contributed by atoms with E-state index in [1.165, 1.54) is 0 Å². The first-order valence-electron chi connectivity index (χ1n) is 2.09. The zero-order valence-corrected chi connectivity index (χ0v) is 5.88. The Morgan fingerprint density at radius 3 is 2.00 bits per heavy atom. The van der Waals surface area contributed by atoms with Crippen molar-refractivity contribution < 1.29 is 19.8 Å². The van der Waals surface area contributed by atoms with Crippen LogP contribution < -0.4 is 10.2 Å². The van der Waals surface area contributed by atoms with Gasteiger partial charge in [-0.1, -0.05) is 15.9 Å². The van der Waals surface area contributed by atoms with Crippen LogP contribution in [0.4, 0.5) is 0 Å². The molecule has 0 aliphatic heterocycles. The largest absolute Gasteiger partial charge is 0.550 e. The van der Waals surface area contributed by atoms with Crippen LogP contribution in [0.1, 0.15) is 6.42 Å². The third kappa shape index (κ3) is 3.96. The maximum absolute atomic E-state index is 9.79. The summed E-state index contributed by atoms with van der Waals surface area (Å²) in [6.07, 6.45) is -0.567. The third-order valence-corrected chi connectivity index (χ3v) is 1.30. The highest BCUT2D eigenvalue weighted by atomic mass is 79.9. The van der Waals surface area contributed by atoms with Gasteiger partial charge in [-0.3, -0.25) is 0 Å². The van der Waals surface area contributed by atoms with Crippen LogP contribution in [0.5, 0.6) is 0 Å². The Kier molecular flexibility index (Phi) is 3.22. The standard InChI is InChI=1S/C4H5BrO4/c5-2(4(8)9)1-3(6)7/h2H,1H2,(H,6,7)(H,8,9)/p-2. The van der Waals surface area contributed by atoms with E-state index in [1.807, 2.05) is 0 Å². The van der Waals surface area contributed by atoms with Crippen molar-refractivity contribution in [3.8, 4) is 0 Å². The van der Waals surface area contributed by atoms with E-state index >= 15 is 0 Å². The summed E-state index contributed by atoms with van der Waals surface area (Å²) >= 11 is 2.56. The summed E-state index contributed by atoms with van der Waals surface area (Å²) in [6.45, 7) is 0. The Morgan fingerprint density at radius 2 is 1.89 bits per heavy atom. The lowest BCUT2D eigenvalue weighted by atomic mass is 10.3. The van der Waals surface area contributed by atoms with Crippen LogP contribution in [-0.2, 0) is 9.59 Å². The molecule has 0 saturated heterocycles. The maximum atomic E-state index is 9.79. The smallest absolute Gasteiger partial charge is 0.0593 e. The number of carboxylic acid groups (broad SMARTS) is 2. The Morgan fingerprint density at radius 1 is 1.44 bits per heavy atom. The number of alkyl halides is 1. The lowest BCUT2D eigenvalue weighted by Gasteiger charge is -2.09. The summed E-state index contributed by atoms with van der Waals surface area (Å²) in [4.78, 5) is 18.3. The quantitative estimate of drug-likeness (QED) is 0.471. The van der Waals surface area contributed by atoms with Crippen molar-refractivity contribution in [3.05, 3.63) is 0 Å². The van der Waals surface area contributed by atoms with E-state index in [2.05, 4.69) is 15.9 Å². The molecule has 9 heavy (non-hydrogen) atoms. The number of carboxylic acids is 2. The van der Waals surface area contributed by atoms with Crippen molar-refractivity contribution in [1.82, 2.24) is 0 Å². The van der Waals surface area contributed by atoms with Gasteiger partial charge in [0.25, 0.3) is 0 Å². The molecule has 0 spiro atoms. The number of carbonyl (C=O) groups is 2. The highest BCUT2D eigenvalue weighted by Gasteiger charge is 2.03. The highest BCUT2D eigenvalue weighted by Crippen LogP contribution is 2.01. The Labute approximate surface area is 59.6 Å². The van der Waals surface area contributed by atoms with E-state index in [-0.39, 0.29) is 0 Å². The van der Waals surface area contributed by atoms with Gasteiger partial charge in [0.1, 0.15) is 0 Å². The molecule has 0 aromatic rings. The molecule has 0 aromatic heterocycles. The van der Waals surface area contributed by atoms with Crippen LogP contribution in [0.15, 0.2) is 0 Å². The molecular weight excluding hydrogens is 192 g/mol. The summed E-state index contributed by atoms with van der Waals surface area (Å²) in [5, 5.41) is 19.5. The molecule has 0 aromatic carbocycles. The van der Waals surface area contributed by atoms with E-state index in [0.717, 1.165) is 0 Å². The molecule has 0 amide bonds. The molecule has 0 N–H and O–H groups in total. The fourth-order valence-corrected chi connectivity index (χ4v) is 0.494. The predicted molar refractivity (Wildman–Crippen MR) is 27.3 cm³/mol. The van der Waals surface area contributed by atoms with E-state index in [0.29, 0.717) is 0 Å². The van der Waals surface area contributed by atoms with E-state index < -0.39 is 23.2 Å². The molecular formula is C4H3BrO4-2. The fourth-order valence-electron chi connectivity index (χ4n) is 0.230. The van der Waals surface area contributed by atoms with Crippen LogP contribution in [0, 0.1) is 0 Å². The molecule has 1 unspecified atom stereocenters. The second-order valence-electron chi connectivity index (χ2n) is 1.36. The van der Waals surface area contributed by atoms with Gasteiger partial charge < -0.3 is 19.8 Å². The summed E-state index contributed by atoms with van der Waals surface area (Å²) in [6, 6.07) is 0. The zero-order chi connectivity index (χ0) is 7.44. The molecule has 5 heteroatoms. The molecule has 0 bridgehead atoms. The van der Waals surface area contributed by atoms with Gasteiger partial charge in [0.2, 0.25) is 0 Å². The minimum Gasteiger partial charge on any atom is -0.550 e. The van der Waals surface area contributed by atoms with Gasteiger partial charge in [-0.2, -0.15) is 0 Å². The summed E-state index contributed by atoms with van der Waals surface area (Å²) in [5.41, 5.74) is 0. The maximum Gasteiger partial charge on any atom is 0.0593 e. The van der Waals surface area contributed by atoms with E-state index in [9.17, 15) is 19.8 Å². The van der Waals surface area contributed by atoms with Gasteiger partial charge in [-0.15, -0.1) is 0 Å². The fraction of sp³-hybridized carbons (Fsp3) is 0.500. The van der Waals surface area contributed by atoms with E-state index in [4.69, 9.17) is 0 Å². The first kappa shape index (κ1) is 8.42. The Bertz CT molecular complexity index is 133. The average Bonchev–Trinajstić information content (AvgIpc) is 1.63. The number of rotatable bonds is 3. The topological polar surface area (TPSA) is 80.3 Å². The molecule has 0 fully saturated rings. The minimum atomic E-state index is -1.45. The van der Waals surface area contributed by atoms with Gasteiger partial charge in [-0.25, -0.2) is 0 Å². The van der Waals surface area contributed by atoms with Crippen LogP contribution in [0.2, 0.25) is 0 Å². The van der Waals surface area contributed by atoms with Gasteiger partial charge in [0, 0.05) is 12.4 Å². The molecule has 52 valence electrons. The SMILES string of the molecule is O=C([O-])CC(Br)C(=O)[O-]. The number of halogens is 1. The van der Waals surface area contributed by atoms with Gasteiger partial charge in [0.15, 0.2) is 0 Å². The van der Waals surface area contributed by atoms with Crippen molar-refractivity contribution in [2.75, 3.05) is 0 Å². The zero-order valence-electron chi connectivity index (χ0n) is 4.30. The molecule has 0 radical (unpaired) electrons. The summed E-state index contributed by atoms with van der Waals surface area (Å²) in [7, 11) is 0. The third-order valence-electron chi connectivity index (χ3n) is 0.602. The molecule has 0 aliphatic rings. The first-order chi connectivity index (χ1) is 4.04. The number of aliphatic carboxylic acids is 2. The summed E-state index contributed by atoms with van der Waals surface area (Å²) in [5.74, 6) is -2.86. The Balaban J connectivity index is 3.63. The summed E-state index contributed by atoms with van der Waals surface area (Å²) < 4.78 is 0. The monoisotopic (exact) mass is 194 g/mol. The van der Waals surface area contributed by atoms with Crippen LogP contribution in [0.25, 0.3) is 0 Å². The number of carbonyl (C=O) groups excluding carboxylic acids is 2. The van der Waals surface area contributed by atoms with Gasteiger partial charge in [0.05, 0.1) is 10.8 Å². The van der Waals surface area contributed by atoms with Crippen molar-refractivity contribution in [3.63, 3.8) is 0 Å². The van der Waals surface area contributed by atoms with Crippen LogP contribution in [-0.4, -0.2) is 16.8 Å². The van der Waals surface area contributed by atoms with Crippen molar-refractivity contribution in [2.45, 2.75) is 11.2 Å². The first-order valence-corrected chi connectivity index (χ1v) is 3.00. The lowest BCUT2D eigenvalue weighted by Crippen LogP contribution is -2.36. The molecule has 0 heterocycles. The minimum absolute atomic E-state index is 0.567. The average molecular weight is 195 g/mol. The predicted octanol–water partition coefficient (Wildman–Crippen LogP) is -2.36. The van der Waals surface area contributed by atoms with Crippen molar-refractivity contribution in [1.29, 1.82) is 0 Å². The second kappa shape index (κ2) is 3.45. The van der Waals surface area contributed by atoms with Crippen LogP contribution in [0.3, 0.4) is 0 Å². The number of hydrogen-bond donors (Lipinski definition) is 0. The number of hydrogen-bond acceptors (Lipinski definition) is 4. The lowest BCUT2D eigenvalue weighted by molar-refractivity contribution is -0.314. The molecule has 0 rings (SSSR count). The molecule has 0 aliphatic carbocycles. The molecule has 0 saturated carbocycles. The molecule has 4 nitrogen and oxygen atoms in total. The second-order valence-corrected chi connectivity index (χ2v) is 2.47. The normalized spacial score (nSPS) is 12.6.